The number of carbonyl (C=O) groups is 4. The van der Waals surface area contributed by atoms with Crippen LogP contribution in [0.25, 0.3) is 0 Å². The highest BCUT2D eigenvalue weighted by Crippen LogP contribution is 2.32. The molecule has 0 spiro atoms. The van der Waals surface area contributed by atoms with Crippen molar-refractivity contribution in [2.75, 3.05) is 10.6 Å². The molecule has 2 aliphatic heterocycles. The van der Waals surface area contributed by atoms with Gasteiger partial charge in [-0.05, 0) is 24.6 Å². The molecule has 0 saturated carbocycles. The highest BCUT2D eigenvalue weighted by molar-refractivity contribution is 6.06. The lowest BCUT2D eigenvalue weighted by Gasteiger charge is -2.29. The van der Waals surface area contributed by atoms with Crippen molar-refractivity contribution in [1.82, 2.24) is 10.2 Å². The minimum Gasteiger partial charge on any atom is -0.381 e. The molecular weight excluding hydrogens is 403 g/mol. The van der Waals surface area contributed by atoms with Gasteiger partial charge in [-0.1, -0.05) is 18.2 Å². The number of anilines is 2. The molecule has 4 rings (SSSR count). The third kappa shape index (κ3) is 3.98. The largest absolute Gasteiger partial charge is 0.381 e. The van der Waals surface area contributed by atoms with Gasteiger partial charge in [0.15, 0.2) is 5.82 Å². The SMILES string of the molecule is CC(=O)Nc1cccc(CNc2cccc3c2CN(C2CCC(=O)NC2=O)C3=O)c1F. The Hall–Kier alpha value is -3.75. The molecular formula is C22H21FN4O4. The lowest BCUT2D eigenvalue weighted by Crippen LogP contribution is -2.52. The van der Waals surface area contributed by atoms with Crippen LogP contribution in [0.3, 0.4) is 0 Å². The molecule has 1 saturated heterocycles. The van der Waals surface area contributed by atoms with E-state index in [1.54, 1.807) is 30.3 Å². The number of benzene rings is 2. The molecule has 3 N–H and O–H groups in total. The standard InChI is InChI=1S/C22H21FN4O4/c1-12(28)25-17-7-2-4-13(20(17)23)10-24-16-6-3-5-14-15(16)11-27(22(14)31)18-8-9-19(29)26-21(18)30/h2-7,18,24H,8-11H2,1H3,(H,25,28)(H,26,29,30). The third-order valence-corrected chi connectivity index (χ3v) is 5.44. The molecule has 8 nitrogen and oxygen atoms in total. The average Bonchev–Trinajstić information content (AvgIpc) is 3.05. The number of rotatable bonds is 5. The van der Waals surface area contributed by atoms with E-state index in [4.69, 9.17) is 0 Å². The number of carbonyl (C=O) groups excluding carboxylic acids is 4. The predicted molar refractivity (Wildman–Crippen MR) is 111 cm³/mol. The van der Waals surface area contributed by atoms with Gasteiger partial charge in [0.1, 0.15) is 6.04 Å². The number of nitrogens with one attached hydrogen (secondary N) is 3. The first-order valence-corrected chi connectivity index (χ1v) is 9.90. The zero-order valence-electron chi connectivity index (χ0n) is 16.8. The molecule has 2 heterocycles. The minimum absolute atomic E-state index is 0.101. The normalized spacial score (nSPS) is 17.9. The molecule has 0 bridgehead atoms. The van der Waals surface area contributed by atoms with Crippen LogP contribution in [0.1, 0.15) is 41.3 Å². The van der Waals surface area contributed by atoms with Gasteiger partial charge in [-0.3, -0.25) is 24.5 Å². The number of halogens is 1. The summed E-state index contributed by atoms with van der Waals surface area (Å²) in [5.41, 5.74) is 2.31. The third-order valence-electron chi connectivity index (χ3n) is 5.44. The monoisotopic (exact) mass is 424 g/mol. The second-order valence-electron chi connectivity index (χ2n) is 7.55. The van der Waals surface area contributed by atoms with Crippen molar-refractivity contribution in [3.8, 4) is 0 Å². The van der Waals surface area contributed by atoms with Gasteiger partial charge in [-0.15, -0.1) is 0 Å². The van der Waals surface area contributed by atoms with Crippen molar-refractivity contribution in [1.29, 1.82) is 0 Å². The zero-order valence-corrected chi connectivity index (χ0v) is 16.8. The summed E-state index contributed by atoms with van der Waals surface area (Å²) in [5.74, 6) is -1.97. The van der Waals surface area contributed by atoms with Crippen LogP contribution in [0.15, 0.2) is 36.4 Å². The van der Waals surface area contributed by atoms with Crippen LogP contribution in [0.4, 0.5) is 15.8 Å². The molecule has 4 amide bonds. The molecule has 9 heteroatoms. The quantitative estimate of drug-likeness (QED) is 0.638. The summed E-state index contributed by atoms with van der Waals surface area (Å²) in [5, 5.41) is 7.89. The summed E-state index contributed by atoms with van der Waals surface area (Å²) in [7, 11) is 0. The number of hydrogen-bond acceptors (Lipinski definition) is 5. The molecule has 1 atom stereocenters. The number of nitrogens with zero attached hydrogens (tertiary/aromatic N) is 1. The first kappa shape index (κ1) is 20.5. The zero-order chi connectivity index (χ0) is 22.1. The highest BCUT2D eigenvalue weighted by Gasteiger charge is 2.39. The van der Waals surface area contributed by atoms with Crippen molar-refractivity contribution in [2.45, 2.75) is 38.9 Å². The van der Waals surface area contributed by atoms with Crippen molar-refractivity contribution in [2.24, 2.45) is 0 Å². The Bertz CT molecular complexity index is 1100. The molecule has 0 aliphatic carbocycles. The molecule has 1 fully saturated rings. The highest BCUT2D eigenvalue weighted by atomic mass is 19.1. The molecule has 2 aromatic carbocycles. The van der Waals surface area contributed by atoms with Gasteiger partial charge in [-0.2, -0.15) is 0 Å². The van der Waals surface area contributed by atoms with Crippen LogP contribution < -0.4 is 16.0 Å². The fourth-order valence-corrected chi connectivity index (χ4v) is 3.94. The first-order chi connectivity index (χ1) is 14.8. The van der Waals surface area contributed by atoms with Crippen LogP contribution in [0, 0.1) is 5.82 Å². The number of hydrogen-bond donors (Lipinski definition) is 3. The summed E-state index contributed by atoms with van der Waals surface area (Å²) >= 11 is 0. The molecule has 0 radical (unpaired) electrons. The second kappa shape index (κ2) is 8.17. The van der Waals surface area contributed by atoms with Gasteiger partial charge in [0.05, 0.1) is 5.69 Å². The molecule has 1 unspecified atom stereocenters. The Morgan fingerprint density at radius 2 is 1.90 bits per heavy atom. The Balaban J connectivity index is 1.53. The van der Waals surface area contributed by atoms with Gasteiger partial charge in [0.2, 0.25) is 17.7 Å². The van der Waals surface area contributed by atoms with Crippen LogP contribution in [0.5, 0.6) is 0 Å². The maximum absolute atomic E-state index is 14.7. The number of fused-ring (bicyclic) bond motifs is 1. The Labute approximate surface area is 177 Å². The summed E-state index contributed by atoms with van der Waals surface area (Å²) in [6, 6.07) is 9.24. The van der Waals surface area contributed by atoms with Gasteiger partial charge in [0.25, 0.3) is 5.91 Å². The summed E-state index contributed by atoms with van der Waals surface area (Å²) < 4.78 is 14.7. The summed E-state index contributed by atoms with van der Waals surface area (Å²) in [6.07, 6.45) is 0.472. The summed E-state index contributed by atoms with van der Waals surface area (Å²) in [4.78, 5) is 49.2. The van der Waals surface area contributed by atoms with E-state index in [-0.39, 0.29) is 49.3 Å². The van der Waals surface area contributed by atoms with E-state index in [1.165, 1.54) is 17.9 Å². The molecule has 2 aromatic rings. The molecule has 31 heavy (non-hydrogen) atoms. The van der Waals surface area contributed by atoms with Crippen LogP contribution >= 0.6 is 0 Å². The number of piperidine rings is 1. The van der Waals surface area contributed by atoms with E-state index >= 15 is 0 Å². The van der Waals surface area contributed by atoms with Gasteiger partial charge in [0, 0.05) is 48.8 Å². The van der Waals surface area contributed by atoms with E-state index in [9.17, 15) is 23.6 Å². The van der Waals surface area contributed by atoms with E-state index in [2.05, 4.69) is 16.0 Å². The molecule has 160 valence electrons. The maximum atomic E-state index is 14.7. The van der Waals surface area contributed by atoms with E-state index in [0.717, 1.165) is 5.56 Å². The van der Waals surface area contributed by atoms with Gasteiger partial charge in [-0.25, -0.2) is 4.39 Å². The number of imide groups is 1. The smallest absolute Gasteiger partial charge is 0.255 e. The summed E-state index contributed by atoms with van der Waals surface area (Å²) in [6.45, 7) is 1.67. The van der Waals surface area contributed by atoms with Crippen molar-refractivity contribution < 1.29 is 23.6 Å². The van der Waals surface area contributed by atoms with Gasteiger partial charge < -0.3 is 15.5 Å². The van der Waals surface area contributed by atoms with Crippen LogP contribution in [-0.4, -0.2) is 34.6 Å². The van der Waals surface area contributed by atoms with Crippen LogP contribution in [0.2, 0.25) is 0 Å². The topological polar surface area (TPSA) is 108 Å². The van der Waals surface area contributed by atoms with E-state index in [0.29, 0.717) is 16.8 Å². The lowest BCUT2D eigenvalue weighted by molar-refractivity contribution is -0.137. The average molecular weight is 424 g/mol. The predicted octanol–water partition coefficient (Wildman–Crippen LogP) is 2.16. The Morgan fingerprint density at radius 3 is 2.65 bits per heavy atom. The molecule has 2 aliphatic rings. The fourth-order valence-electron chi connectivity index (χ4n) is 3.94. The second-order valence-corrected chi connectivity index (χ2v) is 7.55. The first-order valence-electron chi connectivity index (χ1n) is 9.90. The Morgan fingerprint density at radius 1 is 1.16 bits per heavy atom. The van der Waals surface area contributed by atoms with Crippen molar-refractivity contribution >= 4 is 35.0 Å². The number of amides is 4. The van der Waals surface area contributed by atoms with E-state index in [1.807, 2.05) is 0 Å². The molecule has 0 aromatic heterocycles. The van der Waals surface area contributed by atoms with Crippen molar-refractivity contribution in [3.63, 3.8) is 0 Å². The lowest BCUT2D eigenvalue weighted by atomic mass is 10.0. The van der Waals surface area contributed by atoms with Gasteiger partial charge >= 0.3 is 0 Å². The fraction of sp³-hybridized carbons (Fsp3) is 0.273. The van der Waals surface area contributed by atoms with E-state index < -0.39 is 17.8 Å². The minimum atomic E-state index is -0.697. The maximum Gasteiger partial charge on any atom is 0.255 e. The Kier molecular flexibility index (Phi) is 5.41. The van der Waals surface area contributed by atoms with Crippen molar-refractivity contribution in [3.05, 3.63) is 58.9 Å². The van der Waals surface area contributed by atoms with Crippen LogP contribution in [-0.2, 0) is 27.5 Å².